The maximum atomic E-state index is 15.1. The van der Waals surface area contributed by atoms with E-state index in [2.05, 4.69) is 30.5 Å². The first-order chi connectivity index (χ1) is 23.5. The first-order valence-corrected chi connectivity index (χ1v) is 23.0. The largest absolute Gasteiger partial charge is 0.379 e. The van der Waals surface area contributed by atoms with Gasteiger partial charge in [-0.15, -0.1) is 11.8 Å². The Labute approximate surface area is 297 Å². The molecule has 0 aliphatic heterocycles. The lowest BCUT2D eigenvalue weighted by atomic mass is 9.76. The molecule has 0 N–H and O–H groups in total. The Hall–Kier alpha value is -1.46. The van der Waals surface area contributed by atoms with Crippen LogP contribution in [0.25, 0.3) is 0 Å². The van der Waals surface area contributed by atoms with Gasteiger partial charge in [0.05, 0.1) is 0 Å². The average Bonchev–Trinajstić information content (AvgIpc) is 3.15. The molecule has 5 aliphatic carbocycles. The summed E-state index contributed by atoms with van der Waals surface area (Å²) in [6, 6.07) is 9.10. The molecule has 3 nitrogen and oxygen atoms in total. The molecule has 5 fully saturated rings. The zero-order valence-corrected chi connectivity index (χ0v) is 31.5. The van der Waals surface area contributed by atoms with Gasteiger partial charge in [0.25, 0.3) is 0 Å². The first-order valence-electron chi connectivity index (χ1n) is 20.4. The van der Waals surface area contributed by atoms with Crippen molar-refractivity contribution in [2.24, 2.45) is 0 Å². The molecule has 0 spiro atoms. The van der Waals surface area contributed by atoms with Crippen LogP contribution in [0.15, 0.2) is 34.1 Å². The Balaban J connectivity index is 1.35. The van der Waals surface area contributed by atoms with Gasteiger partial charge in [0.2, 0.25) is 0 Å². The van der Waals surface area contributed by atoms with Crippen LogP contribution in [0.5, 0.6) is 5.75 Å². The standard InChI is InChI=1S/C43H62O3S2/c1-47-42-38(32-19-9-3-10-20-32)29-37(30-39(42)33-21-11-4-12-22-33)46-48(44,45)43-40(34-23-13-5-14-24-34)27-36(31-17-7-2-8-18-31)28-41(43)35-25-15-6-16-26-35/h27-35H,2-26H2,1H3. The van der Waals surface area contributed by atoms with Gasteiger partial charge in [-0.1, -0.05) is 108 Å². The minimum absolute atomic E-state index is 0.312. The third-order valence-electron chi connectivity index (χ3n) is 13.2. The van der Waals surface area contributed by atoms with E-state index >= 15 is 8.42 Å². The van der Waals surface area contributed by atoms with Crippen molar-refractivity contribution in [2.45, 2.75) is 200 Å². The van der Waals surface area contributed by atoms with E-state index in [4.69, 9.17) is 4.18 Å². The highest BCUT2D eigenvalue weighted by molar-refractivity contribution is 7.98. The van der Waals surface area contributed by atoms with Gasteiger partial charge >= 0.3 is 10.1 Å². The Bertz CT molecular complexity index is 1390. The van der Waals surface area contributed by atoms with Gasteiger partial charge in [0.1, 0.15) is 10.6 Å². The minimum atomic E-state index is -4.04. The molecular weight excluding hydrogens is 629 g/mol. The van der Waals surface area contributed by atoms with Crippen LogP contribution in [-0.2, 0) is 10.1 Å². The van der Waals surface area contributed by atoms with E-state index in [9.17, 15) is 0 Å². The maximum Gasteiger partial charge on any atom is 0.339 e. The maximum absolute atomic E-state index is 15.1. The van der Waals surface area contributed by atoms with E-state index in [1.54, 1.807) is 0 Å². The molecule has 48 heavy (non-hydrogen) atoms. The lowest BCUT2D eigenvalue weighted by Crippen LogP contribution is -2.21. The molecule has 0 heterocycles. The quantitative estimate of drug-likeness (QED) is 0.194. The molecule has 0 atom stereocenters. The van der Waals surface area contributed by atoms with E-state index in [1.807, 2.05) is 11.8 Å². The second kappa shape index (κ2) is 16.3. The van der Waals surface area contributed by atoms with Crippen molar-refractivity contribution in [2.75, 3.05) is 6.26 Å². The number of benzene rings is 2. The molecule has 0 unspecified atom stereocenters. The Morgan fingerprint density at radius 2 is 0.812 bits per heavy atom. The molecule has 0 amide bonds. The highest BCUT2D eigenvalue weighted by Crippen LogP contribution is 2.49. The van der Waals surface area contributed by atoms with Crippen molar-refractivity contribution >= 4 is 21.9 Å². The van der Waals surface area contributed by atoms with E-state index in [-0.39, 0.29) is 0 Å². The fourth-order valence-corrected chi connectivity index (χ4v) is 13.0. The Morgan fingerprint density at radius 1 is 0.479 bits per heavy atom. The zero-order valence-electron chi connectivity index (χ0n) is 29.9. The van der Waals surface area contributed by atoms with Crippen LogP contribution in [0.3, 0.4) is 0 Å². The fourth-order valence-electron chi connectivity index (χ4n) is 10.6. The van der Waals surface area contributed by atoms with Gasteiger partial charge in [0, 0.05) is 4.90 Å². The summed E-state index contributed by atoms with van der Waals surface area (Å²) in [5.41, 5.74) is 6.38. The summed E-state index contributed by atoms with van der Waals surface area (Å²) in [6.45, 7) is 0. The highest BCUT2D eigenvalue weighted by atomic mass is 32.2. The molecule has 0 radical (unpaired) electrons. The first kappa shape index (κ1) is 35.0. The molecule has 5 heteroatoms. The van der Waals surface area contributed by atoms with Crippen molar-refractivity contribution < 1.29 is 12.6 Å². The number of hydrogen-bond donors (Lipinski definition) is 0. The molecular formula is C43H62O3S2. The van der Waals surface area contributed by atoms with E-state index in [0.29, 0.717) is 40.2 Å². The summed E-state index contributed by atoms with van der Waals surface area (Å²) >= 11 is 1.88. The molecule has 0 bridgehead atoms. The Kier molecular flexibility index (Phi) is 11.8. The van der Waals surface area contributed by atoms with E-state index < -0.39 is 10.1 Å². The van der Waals surface area contributed by atoms with E-state index in [0.717, 1.165) is 36.8 Å². The molecule has 2 aromatic carbocycles. The van der Waals surface area contributed by atoms with Crippen LogP contribution in [0.2, 0.25) is 0 Å². The SMILES string of the molecule is CSc1c(C2CCCCC2)cc(OS(=O)(=O)c2c(C3CCCCC3)cc(C3CCCCC3)cc2C2CCCCC2)cc1C1CCCCC1. The van der Waals surface area contributed by atoms with Crippen molar-refractivity contribution in [3.63, 3.8) is 0 Å². The smallest absolute Gasteiger partial charge is 0.339 e. The molecule has 0 saturated heterocycles. The van der Waals surface area contributed by atoms with Gasteiger partial charge in [-0.3, -0.25) is 0 Å². The average molecular weight is 691 g/mol. The summed E-state index contributed by atoms with van der Waals surface area (Å²) < 4.78 is 36.8. The summed E-state index contributed by atoms with van der Waals surface area (Å²) in [6.07, 6.45) is 32.9. The van der Waals surface area contributed by atoms with Gasteiger partial charge < -0.3 is 4.18 Å². The summed E-state index contributed by atoms with van der Waals surface area (Å²) in [4.78, 5) is 1.99. The molecule has 5 aliphatic rings. The predicted molar refractivity (Wildman–Crippen MR) is 202 cm³/mol. The van der Waals surface area contributed by atoms with Crippen molar-refractivity contribution in [3.05, 3.63) is 52.1 Å². The van der Waals surface area contributed by atoms with Crippen LogP contribution < -0.4 is 4.18 Å². The second-order valence-corrected chi connectivity index (χ2v) is 18.7. The van der Waals surface area contributed by atoms with Gasteiger partial charge in [-0.05, 0) is 140 Å². The number of thioether (sulfide) groups is 1. The van der Waals surface area contributed by atoms with Crippen LogP contribution in [0.1, 0.15) is 218 Å². The zero-order chi connectivity index (χ0) is 32.9. The van der Waals surface area contributed by atoms with Crippen LogP contribution in [-0.4, -0.2) is 14.7 Å². The van der Waals surface area contributed by atoms with Crippen LogP contribution in [0.4, 0.5) is 0 Å². The Morgan fingerprint density at radius 3 is 1.17 bits per heavy atom. The molecule has 2 aromatic rings. The summed E-state index contributed by atoms with van der Waals surface area (Å²) in [5, 5.41) is 0. The topological polar surface area (TPSA) is 43.4 Å². The van der Waals surface area contributed by atoms with Gasteiger partial charge in [0.15, 0.2) is 0 Å². The van der Waals surface area contributed by atoms with Crippen molar-refractivity contribution in [3.8, 4) is 5.75 Å². The van der Waals surface area contributed by atoms with Crippen molar-refractivity contribution in [1.29, 1.82) is 0 Å². The summed E-state index contributed by atoms with van der Waals surface area (Å²) in [7, 11) is -4.04. The van der Waals surface area contributed by atoms with Crippen molar-refractivity contribution in [1.82, 2.24) is 0 Å². The third kappa shape index (κ3) is 7.88. The number of hydrogen-bond acceptors (Lipinski definition) is 4. The lowest BCUT2D eigenvalue weighted by Gasteiger charge is -2.32. The lowest BCUT2D eigenvalue weighted by molar-refractivity contribution is 0.413. The monoisotopic (exact) mass is 690 g/mol. The number of rotatable bonds is 9. The highest BCUT2D eigenvalue weighted by Gasteiger charge is 2.35. The fraction of sp³-hybridized carbons (Fsp3) is 0.721. The second-order valence-electron chi connectivity index (χ2n) is 16.4. The van der Waals surface area contributed by atoms with Gasteiger partial charge in [-0.2, -0.15) is 8.42 Å². The third-order valence-corrected chi connectivity index (χ3v) is 15.5. The molecule has 0 aromatic heterocycles. The van der Waals surface area contributed by atoms with Gasteiger partial charge in [-0.25, -0.2) is 0 Å². The summed E-state index contributed by atoms with van der Waals surface area (Å²) in [5.74, 6) is 2.77. The van der Waals surface area contributed by atoms with E-state index in [1.165, 1.54) is 156 Å². The normalized spacial score (nSPS) is 23.4. The minimum Gasteiger partial charge on any atom is -0.379 e. The molecule has 7 rings (SSSR count). The molecule has 264 valence electrons. The molecule has 5 saturated carbocycles. The van der Waals surface area contributed by atoms with Crippen LogP contribution >= 0.6 is 11.8 Å². The van der Waals surface area contributed by atoms with Crippen LogP contribution in [0, 0.1) is 0 Å². The predicted octanol–water partition coefficient (Wildman–Crippen LogP) is 13.4.